The highest BCUT2D eigenvalue weighted by molar-refractivity contribution is 5.94. The van der Waals surface area contributed by atoms with Gasteiger partial charge in [-0.3, -0.25) is 9.69 Å². The molecule has 3 heteroatoms. The molecule has 1 atom stereocenters. The fourth-order valence-corrected chi connectivity index (χ4v) is 2.33. The van der Waals surface area contributed by atoms with E-state index in [0.717, 1.165) is 36.5 Å². The molecule has 1 aromatic carbocycles. The summed E-state index contributed by atoms with van der Waals surface area (Å²) in [6.45, 7) is 13.8. The van der Waals surface area contributed by atoms with Gasteiger partial charge in [-0.1, -0.05) is 27.2 Å². The van der Waals surface area contributed by atoms with Crippen LogP contribution in [0, 0.1) is 5.92 Å². The summed E-state index contributed by atoms with van der Waals surface area (Å²) in [6, 6.07) is 5.75. The predicted octanol–water partition coefficient (Wildman–Crippen LogP) is 4.16. The number of Topliss-reactive ketones (excluding diaryl/α,β-unsaturated/α-hetero) is 1. The van der Waals surface area contributed by atoms with Crippen molar-refractivity contribution in [2.75, 3.05) is 19.7 Å². The maximum atomic E-state index is 11.6. The van der Waals surface area contributed by atoms with Crippen molar-refractivity contribution in [3.8, 4) is 5.75 Å². The molecule has 0 radical (unpaired) electrons. The van der Waals surface area contributed by atoms with Crippen molar-refractivity contribution in [3.05, 3.63) is 29.3 Å². The van der Waals surface area contributed by atoms with Crippen LogP contribution in [-0.4, -0.2) is 30.4 Å². The second-order valence-corrected chi connectivity index (χ2v) is 5.65. The molecule has 21 heavy (non-hydrogen) atoms. The maximum absolute atomic E-state index is 11.6. The van der Waals surface area contributed by atoms with E-state index in [4.69, 9.17) is 4.74 Å². The quantitative estimate of drug-likeness (QED) is 0.640. The van der Waals surface area contributed by atoms with Gasteiger partial charge in [0.05, 0.1) is 6.61 Å². The first-order chi connectivity index (χ1) is 10.0. The van der Waals surface area contributed by atoms with Gasteiger partial charge in [-0.15, -0.1) is 0 Å². The molecule has 3 nitrogen and oxygen atoms in total. The zero-order valence-corrected chi connectivity index (χ0v) is 14.1. The van der Waals surface area contributed by atoms with Gasteiger partial charge in [0, 0.05) is 24.2 Å². The van der Waals surface area contributed by atoms with Crippen molar-refractivity contribution in [2.24, 2.45) is 5.92 Å². The first kappa shape index (κ1) is 17.7. The van der Waals surface area contributed by atoms with Crippen molar-refractivity contribution in [1.82, 2.24) is 4.90 Å². The number of benzene rings is 1. The summed E-state index contributed by atoms with van der Waals surface area (Å²) >= 11 is 0. The maximum Gasteiger partial charge on any atom is 0.159 e. The number of nitrogens with zero attached hydrogens (tertiary/aromatic N) is 1. The second-order valence-electron chi connectivity index (χ2n) is 5.65. The molecule has 0 amide bonds. The van der Waals surface area contributed by atoms with Crippen molar-refractivity contribution in [3.63, 3.8) is 0 Å². The van der Waals surface area contributed by atoms with E-state index in [1.165, 1.54) is 6.42 Å². The smallest absolute Gasteiger partial charge is 0.159 e. The van der Waals surface area contributed by atoms with Gasteiger partial charge >= 0.3 is 0 Å². The summed E-state index contributed by atoms with van der Waals surface area (Å²) in [5, 5.41) is 0. The molecule has 1 rings (SSSR count). The third kappa shape index (κ3) is 5.50. The van der Waals surface area contributed by atoms with Gasteiger partial charge in [0.1, 0.15) is 5.75 Å². The summed E-state index contributed by atoms with van der Waals surface area (Å²) in [5.41, 5.74) is 1.86. The van der Waals surface area contributed by atoms with Gasteiger partial charge in [0.15, 0.2) is 5.78 Å². The normalized spacial score (nSPS) is 12.5. The lowest BCUT2D eigenvalue weighted by Crippen LogP contribution is -2.28. The van der Waals surface area contributed by atoms with Crippen molar-refractivity contribution in [2.45, 2.75) is 47.6 Å². The van der Waals surface area contributed by atoms with Gasteiger partial charge in [0.25, 0.3) is 0 Å². The largest absolute Gasteiger partial charge is 0.494 e. The summed E-state index contributed by atoms with van der Waals surface area (Å²) in [7, 11) is 0. The van der Waals surface area contributed by atoms with Gasteiger partial charge in [0.2, 0.25) is 0 Å². The van der Waals surface area contributed by atoms with E-state index in [1.54, 1.807) is 6.92 Å². The second kappa shape index (κ2) is 8.83. The molecule has 0 aliphatic rings. The third-order valence-corrected chi connectivity index (χ3v) is 3.87. The van der Waals surface area contributed by atoms with E-state index >= 15 is 0 Å². The van der Waals surface area contributed by atoms with Crippen LogP contribution in [0.15, 0.2) is 18.2 Å². The third-order valence-electron chi connectivity index (χ3n) is 3.87. The van der Waals surface area contributed by atoms with Crippen molar-refractivity contribution >= 4 is 5.78 Å². The minimum atomic E-state index is 0.101. The molecular weight excluding hydrogens is 262 g/mol. The molecule has 0 fully saturated rings. The minimum Gasteiger partial charge on any atom is -0.494 e. The molecule has 0 aliphatic heterocycles. The molecule has 1 aromatic rings. The fraction of sp³-hybridized carbons (Fsp3) is 0.611. The van der Waals surface area contributed by atoms with E-state index in [-0.39, 0.29) is 5.78 Å². The van der Waals surface area contributed by atoms with Gasteiger partial charge < -0.3 is 4.74 Å². The van der Waals surface area contributed by atoms with Crippen LogP contribution in [0.1, 0.15) is 57.0 Å². The molecule has 0 N–H and O–H groups in total. The van der Waals surface area contributed by atoms with Crippen LogP contribution < -0.4 is 4.74 Å². The Morgan fingerprint density at radius 2 is 2.00 bits per heavy atom. The van der Waals surface area contributed by atoms with E-state index < -0.39 is 0 Å². The SMILES string of the molecule is CCOc1ccc(C(C)=O)cc1CN(CC)CC(C)CC. The molecule has 0 heterocycles. The van der Waals surface area contributed by atoms with Gasteiger partial charge in [-0.25, -0.2) is 0 Å². The molecule has 0 aromatic heterocycles. The standard InChI is InChI=1S/C18H29NO2/c1-6-14(4)12-19(7-2)13-17-11-16(15(5)20)9-10-18(17)21-8-3/h9-11,14H,6-8,12-13H2,1-5H3. The first-order valence-electron chi connectivity index (χ1n) is 8.00. The zero-order chi connectivity index (χ0) is 15.8. The number of carbonyl (C=O) groups excluding carboxylic acids is 1. The Hall–Kier alpha value is -1.35. The lowest BCUT2D eigenvalue weighted by molar-refractivity contribution is 0.101. The Morgan fingerprint density at radius 3 is 2.52 bits per heavy atom. The van der Waals surface area contributed by atoms with E-state index in [0.29, 0.717) is 12.5 Å². The number of hydrogen-bond acceptors (Lipinski definition) is 3. The van der Waals surface area contributed by atoms with Crippen LogP contribution in [0.3, 0.4) is 0 Å². The Morgan fingerprint density at radius 1 is 1.29 bits per heavy atom. The molecule has 0 saturated heterocycles. The van der Waals surface area contributed by atoms with Crippen LogP contribution in [0.4, 0.5) is 0 Å². The van der Waals surface area contributed by atoms with Crippen LogP contribution in [-0.2, 0) is 6.54 Å². The van der Waals surface area contributed by atoms with Gasteiger partial charge in [-0.2, -0.15) is 0 Å². The van der Waals surface area contributed by atoms with E-state index in [9.17, 15) is 4.79 Å². The lowest BCUT2D eigenvalue weighted by Gasteiger charge is -2.25. The Bertz CT molecular complexity index is 457. The molecule has 0 spiro atoms. The number of rotatable bonds is 9. The highest BCUT2D eigenvalue weighted by atomic mass is 16.5. The lowest BCUT2D eigenvalue weighted by atomic mass is 10.0. The van der Waals surface area contributed by atoms with Gasteiger partial charge in [-0.05, 0) is 44.5 Å². The summed E-state index contributed by atoms with van der Waals surface area (Å²) in [5.74, 6) is 1.67. The predicted molar refractivity (Wildman–Crippen MR) is 88.0 cm³/mol. The molecule has 1 unspecified atom stereocenters. The minimum absolute atomic E-state index is 0.101. The van der Waals surface area contributed by atoms with Crippen LogP contribution in [0.25, 0.3) is 0 Å². The highest BCUT2D eigenvalue weighted by Crippen LogP contribution is 2.23. The van der Waals surface area contributed by atoms with E-state index in [2.05, 4.69) is 25.7 Å². The van der Waals surface area contributed by atoms with Crippen molar-refractivity contribution in [1.29, 1.82) is 0 Å². The number of hydrogen-bond donors (Lipinski definition) is 0. The molecule has 0 bridgehead atoms. The Labute approximate surface area is 129 Å². The molecule has 0 aliphatic carbocycles. The number of carbonyl (C=O) groups is 1. The monoisotopic (exact) mass is 291 g/mol. The van der Waals surface area contributed by atoms with Crippen LogP contribution in [0.2, 0.25) is 0 Å². The summed E-state index contributed by atoms with van der Waals surface area (Å²) in [6.07, 6.45) is 1.18. The topological polar surface area (TPSA) is 29.5 Å². The first-order valence-corrected chi connectivity index (χ1v) is 8.00. The van der Waals surface area contributed by atoms with Crippen LogP contribution in [0.5, 0.6) is 5.75 Å². The highest BCUT2D eigenvalue weighted by Gasteiger charge is 2.13. The zero-order valence-electron chi connectivity index (χ0n) is 14.1. The van der Waals surface area contributed by atoms with E-state index in [1.807, 2.05) is 25.1 Å². The number of ether oxygens (including phenoxy) is 1. The average Bonchev–Trinajstić information content (AvgIpc) is 2.47. The molecule has 0 saturated carbocycles. The average molecular weight is 291 g/mol. The number of ketones is 1. The summed E-state index contributed by atoms with van der Waals surface area (Å²) < 4.78 is 5.71. The molecular formula is C18H29NO2. The molecule has 118 valence electrons. The Kier molecular flexibility index (Phi) is 7.44. The fourth-order valence-electron chi connectivity index (χ4n) is 2.33. The summed E-state index contributed by atoms with van der Waals surface area (Å²) in [4.78, 5) is 14.0. The Balaban J connectivity index is 2.95. The van der Waals surface area contributed by atoms with Crippen molar-refractivity contribution < 1.29 is 9.53 Å². The van der Waals surface area contributed by atoms with Crippen LogP contribution >= 0.6 is 0 Å².